The zero-order chi connectivity index (χ0) is 18.8. The monoisotopic (exact) mass is 395 g/mol. The normalized spacial score (nSPS) is 21.4. The van der Waals surface area contributed by atoms with Gasteiger partial charge in [0.15, 0.2) is 0 Å². The number of likely N-dealkylation sites (tertiary alicyclic amines) is 1. The number of benzene rings is 1. The Hall–Kier alpha value is -2.26. The number of fused-ring (bicyclic) bond motifs is 1. The number of hydrogen-bond donors (Lipinski definition) is 2. The second-order valence-corrected chi connectivity index (χ2v) is 6.84. The quantitative estimate of drug-likeness (QED) is 0.573. The third-order valence-electron chi connectivity index (χ3n) is 5.05. The van der Waals surface area contributed by atoms with Crippen LogP contribution >= 0.6 is 13.5 Å². The maximum absolute atomic E-state index is 13.0. The molecule has 2 heterocycles. The third-order valence-corrected chi connectivity index (χ3v) is 5.05. The van der Waals surface area contributed by atoms with E-state index < -0.39 is 5.91 Å². The minimum Gasteiger partial charge on any atom is -0.491 e. The van der Waals surface area contributed by atoms with Crippen LogP contribution in [0.2, 0.25) is 0 Å². The summed E-state index contributed by atoms with van der Waals surface area (Å²) in [5, 5.41) is 8.77. The van der Waals surface area contributed by atoms with Crippen molar-refractivity contribution in [3.05, 3.63) is 29.3 Å². The number of carbonyl (C=O) groups excluding carboxylic acids is 3. The van der Waals surface area contributed by atoms with Gasteiger partial charge in [-0.15, -0.1) is 0 Å². The number of rotatable bonds is 2. The highest BCUT2D eigenvalue weighted by molar-refractivity contribution is 7.59. The number of hydroxylamine groups is 1. The van der Waals surface area contributed by atoms with E-state index in [2.05, 4.69) is 0 Å². The van der Waals surface area contributed by atoms with Crippen molar-refractivity contribution >= 4 is 31.2 Å². The molecule has 1 fully saturated rings. The van der Waals surface area contributed by atoms with Crippen LogP contribution in [0.1, 0.15) is 36.2 Å². The predicted octanol–water partition coefficient (Wildman–Crippen LogP) is 0.896. The molecule has 0 aliphatic carbocycles. The Morgan fingerprint density at radius 1 is 1.30 bits per heavy atom. The molecular weight excluding hydrogens is 370 g/mol. The minimum absolute atomic E-state index is 0. The maximum atomic E-state index is 13.0. The maximum Gasteiger partial charge on any atom is 0.274 e. The SMILES string of the molecule is CC(=O)N1CCC(C(=O)N2Cc3ccc(C(=O)NO)cc3OC[C@@H]2C)C1.S. The molecule has 0 saturated carbocycles. The molecule has 3 amide bonds. The molecular formula is C18H25N3O5S. The molecule has 0 spiro atoms. The van der Waals surface area contributed by atoms with Crippen LogP contribution in [0, 0.1) is 5.92 Å². The zero-order valence-electron chi connectivity index (χ0n) is 15.4. The molecule has 148 valence electrons. The molecule has 9 heteroatoms. The fourth-order valence-electron chi connectivity index (χ4n) is 3.44. The van der Waals surface area contributed by atoms with Crippen LogP contribution in [0.25, 0.3) is 0 Å². The topological polar surface area (TPSA) is 99.2 Å². The first-order valence-corrected chi connectivity index (χ1v) is 8.67. The highest BCUT2D eigenvalue weighted by atomic mass is 32.1. The lowest BCUT2D eigenvalue weighted by Crippen LogP contribution is -2.44. The van der Waals surface area contributed by atoms with Crippen LogP contribution in [-0.4, -0.2) is 58.5 Å². The molecule has 8 nitrogen and oxygen atoms in total. The molecule has 1 aromatic rings. The second kappa shape index (κ2) is 8.62. The van der Waals surface area contributed by atoms with Crippen molar-refractivity contribution in [2.45, 2.75) is 32.9 Å². The van der Waals surface area contributed by atoms with Gasteiger partial charge in [0.2, 0.25) is 11.8 Å². The Morgan fingerprint density at radius 3 is 2.67 bits per heavy atom. The van der Waals surface area contributed by atoms with Crippen LogP contribution in [0.3, 0.4) is 0 Å². The summed E-state index contributed by atoms with van der Waals surface area (Å²) in [6, 6.07) is 4.75. The van der Waals surface area contributed by atoms with E-state index in [0.717, 1.165) is 5.56 Å². The average Bonchev–Trinajstić information content (AvgIpc) is 3.07. The van der Waals surface area contributed by atoms with Gasteiger partial charge in [-0.1, -0.05) is 6.07 Å². The van der Waals surface area contributed by atoms with Crippen molar-refractivity contribution in [1.82, 2.24) is 15.3 Å². The molecule has 2 atom stereocenters. The Kier molecular flexibility index (Phi) is 6.72. The van der Waals surface area contributed by atoms with E-state index in [1.807, 2.05) is 6.92 Å². The molecule has 1 unspecified atom stereocenters. The smallest absolute Gasteiger partial charge is 0.274 e. The summed E-state index contributed by atoms with van der Waals surface area (Å²) in [6.45, 7) is 5.20. The van der Waals surface area contributed by atoms with Gasteiger partial charge in [0.25, 0.3) is 5.91 Å². The Balaban J connectivity index is 0.00000261. The summed E-state index contributed by atoms with van der Waals surface area (Å²) in [4.78, 5) is 39.6. The van der Waals surface area contributed by atoms with Gasteiger partial charge in [0, 0.05) is 37.7 Å². The lowest BCUT2D eigenvalue weighted by molar-refractivity contribution is -0.138. The average molecular weight is 395 g/mol. The fraction of sp³-hybridized carbons (Fsp3) is 0.500. The van der Waals surface area contributed by atoms with E-state index in [4.69, 9.17) is 9.94 Å². The van der Waals surface area contributed by atoms with Crippen molar-refractivity contribution in [1.29, 1.82) is 0 Å². The van der Waals surface area contributed by atoms with Crippen LogP contribution in [-0.2, 0) is 16.1 Å². The molecule has 2 N–H and O–H groups in total. The van der Waals surface area contributed by atoms with Gasteiger partial charge >= 0.3 is 0 Å². The Morgan fingerprint density at radius 2 is 2.04 bits per heavy atom. The minimum atomic E-state index is -0.614. The predicted molar refractivity (Wildman–Crippen MR) is 102 cm³/mol. The van der Waals surface area contributed by atoms with Gasteiger partial charge in [-0.2, -0.15) is 13.5 Å². The van der Waals surface area contributed by atoms with Crippen molar-refractivity contribution in [2.75, 3.05) is 19.7 Å². The summed E-state index contributed by atoms with van der Waals surface area (Å²) in [6.07, 6.45) is 0.672. The van der Waals surface area contributed by atoms with Crippen LogP contribution in [0.15, 0.2) is 18.2 Å². The van der Waals surface area contributed by atoms with Crippen molar-refractivity contribution in [3.8, 4) is 5.75 Å². The number of nitrogens with zero attached hydrogens (tertiary/aromatic N) is 2. The van der Waals surface area contributed by atoms with Gasteiger partial charge in [0.1, 0.15) is 12.4 Å². The molecule has 1 saturated heterocycles. The molecule has 0 radical (unpaired) electrons. The van der Waals surface area contributed by atoms with Crippen LogP contribution in [0.4, 0.5) is 0 Å². The van der Waals surface area contributed by atoms with E-state index in [1.165, 1.54) is 6.92 Å². The number of carbonyl (C=O) groups is 3. The molecule has 1 aromatic carbocycles. The van der Waals surface area contributed by atoms with Crippen molar-refractivity contribution < 1.29 is 24.3 Å². The van der Waals surface area contributed by atoms with Crippen LogP contribution < -0.4 is 10.2 Å². The van der Waals surface area contributed by atoms with Gasteiger partial charge in [-0.3, -0.25) is 19.6 Å². The van der Waals surface area contributed by atoms with E-state index in [0.29, 0.717) is 38.4 Å². The summed E-state index contributed by atoms with van der Waals surface area (Å²) in [5.41, 5.74) is 2.69. The first-order chi connectivity index (χ1) is 12.4. The molecule has 27 heavy (non-hydrogen) atoms. The molecule has 3 rings (SSSR count). The molecule has 0 bridgehead atoms. The first kappa shape index (κ1) is 21.0. The molecule has 2 aliphatic heterocycles. The second-order valence-electron chi connectivity index (χ2n) is 6.84. The zero-order valence-corrected chi connectivity index (χ0v) is 16.4. The number of amides is 3. The highest BCUT2D eigenvalue weighted by Gasteiger charge is 2.35. The molecule has 0 aromatic heterocycles. The Bertz CT molecular complexity index is 742. The van der Waals surface area contributed by atoms with Gasteiger partial charge in [0.05, 0.1) is 12.0 Å². The number of hydrogen-bond acceptors (Lipinski definition) is 5. The first-order valence-electron chi connectivity index (χ1n) is 8.67. The van der Waals surface area contributed by atoms with Gasteiger partial charge < -0.3 is 14.5 Å². The fourth-order valence-corrected chi connectivity index (χ4v) is 3.44. The van der Waals surface area contributed by atoms with Crippen LogP contribution in [0.5, 0.6) is 5.75 Å². The Labute approximate surface area is 164 Å². The van der Waals surface area contributed by atoms with E-state index in [9.17, 15) is 14.4 Å². The van der Waals surface area contributed by atoms with Gasteiger partial charge in [-0.25, -0.2) is 5.48 Å². The van der Waals surface area contributed by atoms with Crippen molar-refractivity contribution in [3.63, 3.8) is 0 Å². The lowest BCUT2D eigenvalue weighted by Gasteiger charge is -2.29. The summed E-state index contributed by atoms with van der Waals surface area (Å²) < 4.78 is 5.78. The van der Waals surface area contributed by atoms with E-state index in [-0.39, 0.29) is 42.8 Å². The van der Waals surface area contributed by atoms with Crippen molar-refractivity contribution in [2.24, 2.45) is 5.92 Å². The van der Waals surface area contributed by atoms with Gasteiger partial charge in [-0.05, 0) is 25.5 Å². The van der Waals surface area contributed by atoms with E-state index in [1.54, 1.807) is 33.5 Å². The summed E-state index contributed by atoms with van der Waals surface area (Å²) in [5.74, 6) is -0.258. The highest BCUT2D eigenvalue weighted by Crippen LogP contribution is 2.29. The lowest BCUT2D eigenvalue weighted by atomic mass is 10.0. The standard InChI is InChI=1S/C18H23N3O5.H2S/c1-11-10-26-16-7-13(17(23)19-25)3-4-14(16)9-21(11)18(24)15-5-6-20(8-15)12(2)22;/h3-4,7,11,15,25H,5-6,8-10H2,1-2H3,(H,19,23);1H2/t11-,15?;/m0./s1. The van der Waals surface area contributed by atoms with E-state index >= 15 is 0 Å². The largest absolute Gasteiger partial charge is 0.491 e. The number of nitrogens with one attached hydrogen (secondary N) is 1. The summed E-state index contributed by atoms with van der Waals surface area (Å²) >= 11 is 0. The third kappa shape index (κ3) is 4.36. The molecule has 2 aliphatic rings. The number of ether oxygens (including phenoxy) is 1. The summed E-state index contributed by atoms with van der Waals surface area (Å²) in [7, 11) is 0.